The van der Waals surface area contributed by atoms with Crippen LogP contribution in [0.15, 0.2) is 119 Å². The molecule has 1 aliphatic heterocycles. The van der Waals surface area contributed by atoms with Crippen molar-refractivity contribution in [2.45, 2.75) is 44.1 Å². The minimum Gasteiger partial charge on any atom is -0.463 e. The summed E-state index contributed by atoms with van der Waals surface area (Å²) in [5.74, 6) is -3.46. The van der Waals surface area contributed by atoms with Crippen LogP contribution < -0.4 is 4.90 Å². The molecule has 1 saturated heterocycles. The van der Waals surface area contributed by atoms with Crippen molar-refractivity contribution < 1.29 is 28.7 Å². The molecule has 0 spiro atoms. The van der Waals surface area contributed by atoms with E-state index in [0.717, 1.165) is 17.6 Å². The van der Waals surface area contributed by atoms with Crippen LogP contribution >= 0.6 is 0 Å². The average molecular weight is 638 g/mol. The Kier molecular flexibility index (Phi) is 7.26. The molecule has 4 aromatic rings. The number of amides is 2. The van der Waals surface area contributed by atoms with Gasteiger partial charge in [0.1, 0.15) is 18.1 Å². The Hall–Kier alpha value is -5.14. The Morgan fingerprint density at radius 2 is 1.54 bits per heavy atom. The Morgan fingerprint density at radius 3 is 2.21 bits per heavy atom. The monoisotopic (exact) mass is 637 g/mol. The summed E-state index contributed by atoms with van der Waals surface area (Å²) in [6, 6.07) is 29.6. The van der Waals surface area contributed by atoms with Gasteiger partial charge >= 0.3 is 0 Å². The number of Topliss-reactive ketones (excluding diaryl/α,β-unsaturated/α-hetero) is 1. The Labute approximate surface area is 278 Å². The third-order valence-electron chi connectivity index (χ3n) is 11.1. The van der Waals surface area contributed by atoms with Crippen LogP contribution in [0.25, 0.3) is 5.57 Å². The van der Waals surface area contributed by atoms with E-state index in [1.54, 1.807) is 12.1 Å². The summed E-state index contributed by atoms with van der Waals surface area (Å²) >= 11 is 0. The number of aliphatic hydroxyl groups excluding tert-OH is 1. The van der Waals surface area contributed by atoms with Crippen LogP contribution in [0.1, 0.15) is 53.9 Å². The number of fused-ring (bicyclic) bond motifs is 4. The highest BCUT2D eigenvalue weighted by molar-refractivity contribution is 6.32. The molecule has 0 unspecified atom stereocenters. The van der Waals surface area contributed by atoms with Crippen molar-refractivity contribution in [1.82, 2.24) is 0 Å². The van der Waals surface area contributed by atoms with Crippen LogP contribution in [0, 0.1) is 23.7 Å². The number of furan rings is 1. The van der Waals surface area contributed by atoms with E-state index in [2.05, 4.69) is 6.92 Å². The molecule has 4 aliphatic rings. The van der Waals surface area contributed by atoms with E-state index in [1.807, 2.05) is 91.0 Å². The summed E-state index contributed by atoms with van der Waals surface area (Å²) in [5, 5.41) is 9.98. The van der Waals surface area contributed by atoms with Gasteiger partial charge in [-0.2, -0.15) is 0 Å². The highest BCUT2D eigenvalue weighted by Crippen LogP contribution is 2.63. The second kappa shape index (κ2) is 11.5. The lowest BCUT2D eigenvalue weighted by Gasteiger charge is -2.54. The number of benzene rings is 3. The van der Waals surface area contributed by atoms with Gasteiger partial charge in [0.25, 0.3) is 0 Å². The fourth-order valence-corrected chi connectivity index (χ4v) is 8.95. The highest BCUT2D eigenvalue weighted by atomic mass is 16.4. The maximum Gasteiger partial charge on any atom is 0.238 e. The van der Waals surface area contributed by atoms with Crippen molar-refractivity contribution in [1.29, 1.82) is 0 Å². The molecule has 3 aliphatic carbocycles. The van der Waals surface area contributed by atoms with Crippen LogP contribution in [0.3, 0.4) is 0 Å². The van der Waals surface area contributed by atoms with Crippen LogP contribution in [0.4, 0.5) is 5.69 Å². The van der Waals surface area contributed by atoms with Gasteiger partial charge in [0.2, 0.25) is 11.8 Å². The summed E-state index contributed by atoms with van der Waals surface area (Å²) in [6.45, 7) is 1.72. The fourth-order valence-electron chi connectivity index (χ4n) is 8.95. The van der Waals surface area contributed by atoms with Crippen molar-refractivity contribution in [2.24, 2.45) is 23.7 Å². The van der Waals surface area contributed by atoms with Gasteiger partial charge in [-0.25, -0.2) is 0 Å². The van der Waals surface area contributed by atoms with E-state index < -0.39 is 35.0 Å². The molecule has 1 N–H and O–H groups in total. The zero-order valence-electron chi connectivity index (χ0n) is 26.5. The van der Waals surface area contributed by atoms with Crippen molar-refractivity contribution in [2.75, 3.05) is 4.90 Å². The zero-order chi connectivity index (χ0) is 33.2. The zero-order valence-corrected chi connectivity index (χ0v) is 26.5. The van der Waals surface area contributed by atoms with Crippen molar-refractivity contribution in [3.8, 4) is 0 Å². The first-order valence-electron chi connectivity index (χ1n) is 16.7. The van der Waals surface area contributed by atoms with Gasteiger partial charge in [-0.15, -0.1) is 0 Å². The van der Waals surface area contributed by atoms with E-state index in [0.29, 0.717) is 40.3 Å². The molecular weight excluding hydrogens is 602 g/mol. The molecule has 0 bridgehead atoms. The molecule has 7 heteroatoms. The Morgan fingerprint density at radius 1 is 0.833 bits per heavy atom. The number of rotatable bonds is 6. The molecule has 240 valence electrons. The molecule has 7 nitrogen and oxygen atoms in total. The smallest absolute Gasteiger partial charge is 0.238 e. The number of aryl methyl sites for hydroxylation is 1. The van der Waals surface area contributed by atoms with Crippen molar-refractivity contribution in [3.63, 3.8) is 0 Å². The van der Waals surface area contributed by atoms with Gasteiger partial charge in [0, 0.05) is 11.5 Å². The van der Waals surface area contributed by atoms with Gasteiger partial charge in [-0.3, -0.25) is 24.1 Å². The summed E-state index contributed by atoms with van der Waals surface area (Å²) in [7, 11) is 0. The number of hydrogen-bond donors (Lipinski definition) is 1. The summed E-state index contributed by atoms with van der Waals surface area (Å²) < 4.78 is 6.25. The van der Waals surface area contributed by atoms with Crippen molar-refractivity contribution >= 4 is 34.6 Å². The third kappa shape index (κ3) is 4.30. The van der Waals surface area contributed by atoms with E-state index >= 15 is 0 Å². The molecule has 1 saturated carbocycles. The second-order valence-electron chi connectivity index (χ2n) is 13.3. The van der Waals surface area contributed by atoms with Crippen LogP contribution in [0.5, 0.6) is 0 Å². The fraction of sp³-hybridized carbons (Fsp3) is 0.268. The standard InChI is InChI=1S/C41H35NO6/c1-2-24-13-15-27(16-14-24)42-39(46)30-19-18-29-32(36(30)40(42)47)21-33-38(45)31(25-9-5-3-6-10-25)22-35(44)41(33,26-11-7-4-8-12-26)37(29)34-20-17-28(23-43)48-34/h3-18,20,22,30,32-33,36-37,43H,2,19,21,23H2,1H3/t30-,32+,33-,36-,37+,41-/m0/s1. The number of aliphatic hydroxyl groups is 1. The third-order valence-corrected chi connectivity index (χ3v) is 11.1. The molecule has 1 aromatic heterocycles. The molecule has 2 fully saturated rings. The first-order chi connectivity index (χ1) is 23.4. The quantitative estimate of drug-likeness (QED) is 0.195. The summed E-state index contributed by atoms with van der Waals surface area (Å²) in [6.07, 6.45) is 4.90. The predicted octanol–water partition coefficient (Wildman–Crippen LogP) is 6.36. The number of anilines is 1. The second-order valence-corrected chi connectivity index (χ2v) is 13.3. The van der Waals surface area contributed by atoms with Gasteiger partial charge < -0.3 is 9.52 Å². The van der Waals surface area contributed by atoms with Crippen LogP contribution in [-0.4, -0.2) is 28.5 Å². The molecule has 8 rings (SSSR count). The number of nitrogens with zero attached hydrogens (tertiary/aromatic N) is 1. The molecule has 0 radical (unpaired) electrons. The minimum absolute atomic E-state index is 0.173. The van der Waals surface area contributed by atoms with Gasteiger partial charge in [0.05, 0.1) is 28.9 Å². The van der Waals surface area contributed by atoms with E-state index in [9.17, 15) is 24.3 Å². The lowest BCUT2D eigenvalue weighted by atomic mass is 9.45. The van der Waals surface area contributed by atoms with Gasteiger partial charge in [-0.05, 0) is 72.2 Å². The first kappa shape index (κ1) is 30.2. The van der Waals surface area contributed by atoms with E-state index in [-0.39, 0.29) is 36.4 Å². The van der Waals surface area contributed by atoms with Crippen LogP contribution in [-0.2, 0) is 37.6 Å². The summed E-state index contributed by atoms with van der Waals surface area (Å²) in [4.78, 5) is 59.6. The number of allylic oxidation sites excluding steroid dienone is 4. The van der Waals surface area contributed by atoms with Crippen molar-refractivity contribution in [3.05, 3.63) is 143 Å². The molecule has 2 amide bonds. The maximum atomic E-state index is 15.0. The maximum absolute atomic E-state index is 15.0. The number of carbonyl (C=O) groups excluding carboxylic acids is 4. The highest BCUT2D eigenvalue weighted by Gasteiger charge is 2.66. The number of hydrogen-bond acceptors (Lipinski definition) is 6. The molecular formula is C41H35NO6. The van der Waals surface area contributed by atoms with Gasteiger partial charge in [0.15, 0.2) is 11.6 Å². The average Bonchev–Trinajstić information content (AvgIpc) is 3.71. The number of imide groups is 1. The lowest BCUT2D eigenvalue weighted by molar-refractivity contribution is -0.135. The number of ketones is 2. The predicted molar refractivity (Wildman–Crippen MR) is 180 cm³/mol. The SMILES string of the molecule is CCc1ccc(N2C(=O)[C@H]3[C@H](CC=C4[C@H]3C[C@H]3C(=O)C(c5ccccc5)=CC(=O)[C@@]3(c3ccccc3)[C@H]4c3ccc(CO)o3)C2=O)cc1. The molecule has 3 aromatic carbocycles. The normalized spacial score (nSPS) is 28.0. The Balaban J connectivity index is 1.33. The van der Waals surface area contributed by atoms with E-state index in [1.165, 1.54) is 11.0 Å². The first-order valence-corrected chi connectivity index (χ1v) is 16.7. The molecule has 2 heterocycles. The largest absolute Gasteiger partial charge is 0.463 e. The van der Waals surface area contributed by atoms with Gasteiger partial charge in [-0.1, -0.05) is 91.4 Å². The van der Waals surface area contributed by atoms with E-state index in [4.69, 9.17) is 4.42 Å². The minimum atomic E-state index is -1.36. The van der Waals surface area contributed by atoms with Crippen LogP contribution in [0.2, 0.25) is 0 Å². The number of carbonyl (C=O) groups is 4. The summed E-state index contributed by atoms with van der Waals surface area (Å²) in [5.41, 5.74) is 2.81. The molecule has 6 atom stereocenters. The Bertz CT molecular complexity index is 2010. The molecule has 48 heavy (non-hydrogen) atoms. The lowest BCUT2D eigenvalue weighted by Crippen LogP contribution is -2.58. The topological polar surface area (TPSA) is 105 Å².